The van der Waals surface area contributed by atoms with E-state index in [1.807, 2.05) is 0 Å². The molecule has 0 spiro atoms. The average molecular weight is 540 g/mol. The number of benzene rings is 3. The molecule has 0 aliphatic rings. The fourth-order valence-corrected chi connectivity index (χ4v) is 5.72. The van der Waals surface area contributed by atoms with E-state index in [4.69, 9.17) is 16.3 Å². The third-order valence-corrected chi connectivity index (χ3v) is 7.75. The van der Waals surface area contributed by atoms with E-state index >= 15 is 4.39 Å². The molecule has 0 heterocycles. The molecule has 36 heavy (non-hydrogen) atoms. The fourth-order valence-electron chi connectivity index (χ4n) is 3.91. The summed E-state index contributed by atoms with van der Waals surface area (Å²) in [6, 6.07) is 11.5. The Morgan fingerprint density at radius 2 is 1.72 bits per heavy atom. The minimum absolute atomic E-state index is 0.0845. The van der Waals surface area contributed by atoms with Crippen LogP contribution in [0.1, 0.15) is 43.9 Å². The highest BCUT2D eigenvalue weighted by atomic mass is 35.5. The zero-order valence-corrected chi connectivity index (χ0v) is 21.3. The van der Waals surface area contributed by atoms with Gasteiger partial charge in [-0.15, -0.1) is 0 Å². The number of hydrogen-bond acceptors (Lipinski definition) is 4. The van der Waals surface area contributed by atoms with Gasteiger partial charge in [-0.05, 0) is 68.1 Å². The summed E-state index contributed by atoms with van der Waals surface area (Å²) in [7, 11) is -4.41. The summed E-state index contributed by atoms with van der Waals surface area (Å²) in [4.78, 5) is 11.6. The first-order chi connectivity index (χ1) is 17.1. The number of esters is 1. The van der Waals surface area contributed by atoms with E-state index in [9.17, 15) is 22.0 Å². The maximum atomic E-state index is 15.1. The van der Waals surface area contributed by atoms with Crippen LogP contribution in [-0.2, 0) is 26.0 Å². The molecule has 0 amide bonds. The SMILES string of the molecule is CCOC(=O)CCCc1cc(F)ccc1[C@@H](C)N(c1cc(F)c(Cl)cc1F)S(=O)(=O)c1ccccc1. The molecule has 0 saturated heterocycles. The van der Waals surface area contributed by atoms with Crippen LogP contribution in [-0.4, -0.2) is 21.0 Å². The second kappa shape index (κ2) is 11.8. The van der Waals surface area contributed by atoms with Crippen LogP contribution in [0.15, 0.2) is 65.6 Å². The lowest BCUT2D eigenvalue weighted by molar-refractivity contribution is -0.143. The van der Waals surface area contributed by atoms with Crippen molar-refractivity contribution in [2.75, 3.05) is 10.9 Å². The van der Waals surface area contributed by atoms with Crippen molar-refractivity contribution in [3.63, 3.8) is 0 Å². The van der Waals surface area contributed by atoms with Crippen molar-refractivity contribution < 1.29 is 31.1 Å². The Balaban J connectivity index is 2.11. The first kappa shape index (κ1) is 27.5. The number of aryl methyl sites for hydroxylation is 1. The van der Waals surface area contributed by atoms with Crippen LogP contribution in [0.3, 0.4) is 0 Å². The van der Waals surface area contributed by atoms with Crippen molar-refractivity contribution in [3.8, 4) is 0 Å². The Labute approximate surface area is 213 Å². The molecule has 1 atom stereocenters. The predicted molar refractivity (Wildman–Crippen MR) is 132 cm³/mol. The van der Waals surface area contributed by atoms with Crippen LogP contribution < -0.4 is 4.31 Å². The molecule has 10 heteroatoms. The molecule has 0 aliphatic carbocycles. The number of rotatable bonds is 10. The fraction of sp³-hybridized carbons (Fsp3) is 0.269. The minimum Gasteiger partial charge on any atom is -0.466 e. The number of halogens is 4. The molecule has 0 unspecified atom stereocenters. The Hall–Kier alpha value is -3.04. The summed E-state index contributed by atoms with van der Waals surface area (Å²) < 4.78 is 76.7. The number of anilines is 1. The molecule has 3 aromatic carbocycles. The van der Waals surface area contributed by atoms with Gasteiger partial charge in [-0.1, -0.05) is 35.9 Å². The molecule has 3 rings (SSSR count). The van der Waals surface area contributed by atoms with Crippen LogP contribution in [0.25, 0.3) is 0 Å². The molecule has 0 aliphatic heterocycles. The van der Waals surface area contributed by atoms with E-state index in [1.54, 1.807) is 13.0 Å². The van der Waals surface area contributed by atoms with Crippen LogP contribution in [0, 0.1) is 17.5 Å². The largest absolute Gasteiger partial charge is 0.466 e. The number of ether oxygens (including phenoxy) is 1. The Morgan fingerprint density at radius 3 is 2.39 bits per heavy atom. The van der Waals surface area contributed by atoms with Crippen molar-refractivity contribution in [1.82, 2.24) is 0 Å². The standard InChI is InChI=1S/C26H25ClF3NO4S/c1-3-35-26(32)11-7-8-18-14-19(28)12-13-21(18)17(2)31(25-16-23(29)22(27)15-24(25)30)36(33,34)20-9-5-4-6-10-20/h4-6,9-10,12-17H,3,7-8,11H2,1-2H3/t17-/m1/s1. The third kappa shape index (κ3) is 6.20. The number of carbonyl (C=O) groups is 1. The van der Waals surface area contributed by atoms with Gasteiger partial charge in [0, 0.05) is 12.5 Å². The highest BCUT2D eigenvalue weighted by Crippen LogP contribution is 2.38. The lowest BCUT2D eigenvalue weighted by atomic mass is 9.96. The van der Waals surface area contributed by atoms with Gasteiger partial charge in [-0.25, -0.2) is 21.6 Å². The molecular formula is C26H25ClF3NO4S. The van der Waals surface area contributed by atoms with Gasteiger partial charge in [0.2, 0.25) is 0 Å². The summed E-state index contributed by atoms with van der Waals surface area (Å²) >= 11 is 5.70. The van der Waals surface area contributed by atoms with Gasteiger partial charge < -0.3 is 4.74 Å². The summed E-state index contributed by atoms with van der Waals surface area (Å²) in [6.45, 7) is 3.41. The number of hydrogen-bond donors (Lipinski definition) is 0. The molecule has 192 valence electrons. The third-order valence-electron chi connectivity index (χ3n) is 5.57. The minimum atomic E-state index is -4.41. The second-order valence-corrected chi connectivity index (χ2v) is 10.2. The van der Waals surface area contributed by atoms with Crippen molar-refractivity contribution >= 4 is 33.3 Å². The van der Waals surface area contributed by atoms with Crippen molar-refractivity contribution in [3.05, 3.63) is 94.3 Å². The smallest absolute Gasteiger partial charge is 0.305 e. The highest BCUT2D eigenvalue weighted by molar-refractivity contribution is 7.92. The molecule has 0 N–H and O–H groups in total. The van der Waals surface area contributed by atoms with Gasteiger partial charge in [0.15, 0.2) is 0 Å². The number of sulfonamides is 1. The van der Waals surface area contributed by atoms with E-state index < -0.39 is 50.2 Å². The van der Waals surface area contributed by atoms with Gasteiger partial charge in [0.25, 0.3) is 10.0 Å². The van der Waals surface area contributed by atoms with Crippen molar-refractivity contribution in [2.45, 2.75) is 44.0 Å². The van der Waals surface area contributed by atoms with Crippen LogP contribution in [0.5, 0.6) is 0 Å². The van der Waals surface area contributed by atoms with Gasteiger partial charge in [0.05, 0.1) is 28.3 Å². The second-order valence-electron chi connectivity index (χ2n) is 8.01. The summed E-state index contributed by atoms with van der Waals surface area (Å²) in [5.41, 5.74) is 0.250. The van der Waals surface area contributed by atoms with E-state index in [-0.39, 0.29) is 24.3 Å². The molecule has 0 saturated carbocycles. The molecule has 3 aromatic rings. The highest BCUT2D eigenvalue weighted by Gasteiger charge is 2.34. The zero-order valence-electron chi connectivity index (χ0n) is 19.7. The molecule has 0 bridgehead atoms. The predicted octanol–water partition coefficient (Wildman–Crippen LogP) is 6.60. The van der Waals surface area contributed by atoms with Gasteiger partial charge in [0.1, 0.15) is 17.5 Å². The maximum Gasteiger partial charge on any atom is 0.305 e. The Bertz CT molecular complexity index is 1340. The molecule has 5 nitrogen and oxygen atoms in total. The first-order valence-corrected chi connectivity index (χ1v) is 13.1. The molecule has 0 radical (unpaired) electrons. The van der Waals surface area contributed by atoms with E-state index in [0.717, 1.165) is 16.4 Å². The van der Waals surface area contributed by atoms with Crippen LogP contribution >= 0.6 is 11.6 Å². The first-order valence-electron chi connectivity index (χ1n) is 11.2. The van der Waals surface area contributed by atoms with E-state index in [0.29, 0.717) is 23.6 Å². The summed E-state index contributed by atoms with van der Waals surface area (Å²) in [5.74, 6) is -3.00. The van der Waals surface area contributed by atoms with Gasteiger partial charge in [-0.2, -0.15) is 0 Å². The Kier molecular flexibility index (Phi) is 9.03. The summed E-state index contributed by atoms with van der Waals surface area (Å²) in [5, 5.41) is -0.498. The lowest BCUT2D eigenvalue weighted by Gasteiger charge is -2.32. The molecule has 0 aromatic heterocycles. The van der Waals surface area contributed by atoms with E-state index in [1.165, 1.54) is 43.3 Å². The molecular weight excluding hydrogens is 515 g/mol. The van der Waals surface area contributed by atoms with Crippen LogP contribution in [0.2, 0.25) is 5.02 Å². The number of carbonyl (C=O) groups excluding carboxylic acids is 1. The van der Waals surface area contributed by atoms with Gasteiger partial charge >= 0.3 is 5.97 Å². The Morgan fingerprint density at radius 1 is 1.03 bits per heavy atom. The van der Waals surface area contributed by atoms with Crippen molar-refractivity contribution in [2.24, 2.45) is 0 Å². The monoisotopic (exact) mass is 539 g/mol. The number of nitrogens with zero attached hydrogens (tertiary/aromatic N) is 1. The lowest BCUT2D eigenvalue weighted by Crippen LogP contribution is -2.35. The summed E-state index contributed by atoms with van der Waals surface area (Å²) in [6.07, 6.45) is 0.630. The molecule has 0 fully saturated rings. The quantitative estimate of drug-likeness (QED) is 0.215. The van der Waals surface area contributed by atoms with Crippen LogP contribution in [0.4, 0.5) is 18.9 Å². The van der Waals surface area contributed by atoms with Gasteiger partial charge in [-0.3, -0.25) is 9.10 Å². The normalized spacial score (nSPS) is 12.3. The maximum absolute atomic E-state index is 15.1. The topological polar surface area (TPSA) is 63.7 Å². The average Bonchev–Trinajstić information content (AvgIpc) is 2.83. The zero-order chi connectivity index (χ0) is 26.5. The van der Waals surface area contributed by atoms with E-state index in [2.05, 4.69) is 0 Å². The van der Waals surface area contributed by atoms with Crippen molar-refractivity contribution in [1.29, 1.82) is 0 Å².